The highest BCUT2D eigenvalue weighted by Crippen LogP contribution is 2.32. The summed E-state index contributed by atoms with van der Waals surface area (Å²) >= 11 is 1.53. The van der Waals surface area contributed by atoms with Crippen LogP contribution in [0.2, 0.25) is 0 Å². The fourth-order valence-corrected chi connectivity index (χ4v) is 3.35. The van der Waals surface area contributed by atoms with E-state index in [1.165, 1.54) is 17.4 Å². The highest BCUT2D eigenvalue weighted by Gasteiger charge is 2.42. The SMILES string of the molecule is CC1CCCC(NC(=O)/C=C/c2cccs2)(C(=O)O)C1. The van der Waals surface area contributed by atoms with Crippen molar-refractivity contribution < 1.29 is 14.7 Å². The summed E-state index contributed by atoms with van der Waals surface area (Å²) in [7, 11) is 0. The molecule has 1 fully saturated rings. The van der Waals surface area contributed by atoms with Crippen LogP contribution in [-0.2, 0) is 9.59 Å². The Balaban J connectivity index is 2.04. The molecule has 0 aliphatic heterocycles. The lowest BCUT2D eigenvalue weighted by Crippen LogP contribution is -2.56. The second-order valence-corrected chi connectivity index (χ2v) is 6.41. The van der Waals surface area contributed by atoms with Gasteiger partial charge in [-0.05, 0) is 36.3 Å². The molecule has 1 heterocycles. The van der Waals surface area contributed by atoms with E-state index in [4.69, 9.17) is 0 Å². The number of aliphatic carboxylic acids is 1. The third kappa shape index (κ3) is 3.48. The first kappa shape index (κ1) is 14.8. The van der Waals surface area contributed by atoms with Crippen LogP contribution in [0.15, 0.2) is 23.6 Å². The Hall–Kier alpha value is -1.62. The number of nitrogens with one attached hydrogen (secondary N) is 1. The zero-order chi connectivity index (χ0) is 14.6. The number of thiophene rings is 1. The summed E-state index contributed by atoms with van der Waals surface area (Å²) in [6.45, 7) is 2.03. The number of hydrogen-bond donors (Lipinski definition) is 2. The van der Waals surface area contributed by atoms with Crippen LogP contribution in [-0.4, -0.2) is 22.5 Å². The highest BCUT2D eigenvalue weighted by atomic mass is 32.1. The van der Waals surface area contributed by atoms with Crippen molar-refractivity contribution in [3.8, 4) is 0 Å². The van der Waals surface area contributed by atoms with Crippen LogP contribution in [0.5, 0.6) is 0 Å². The Bertz CT molecular complexity index is 509. The normalized spacial score (nSPS) is 26.6. The lowest BCUT2D eigenvalue weighted by molar-refractivity contribution is -0.149. The third-order valence-electron chi connectivity index (χ3n) is 3.71. The smallest absolute Gasteiger partial charge is 0.329 e. The fourth-order valence-electron chi connectivity index (χ4n) is 2.73. The molecule has 0 spiro atoms. The van der Waals surface area contributed by atoms with Gasteiger partial charge in [0.1, 0.15) is 5.54 Å². The van der Waals surface area contributed by atoms with Crippen LogP contribution in [0.4, 0.5) is 0 Å². The molecule has 5 heteroatoms. The van der Waals surface area contributed by atoms with Gasteiger partial charge in [-0.25, -0.2) is 4.79 Å². The number of hydrogen-bond acceptors (Lipinski definition) is 3. The lowest BCUT2D eigenvalue weighted by Gasteiger charge is -2.36. The number of carbonyl (C=O) groups excluding carboxylic acids is 1. The molecule has 1 saturated carbocycles. The van der Waals surface area contributed by atoms with Crippen molar-refractivity contribution in [2.45, 2.75) is 38.1 Å². The molecule has 0 bridgehead atoms. The van der Waals surface area contributed by atoms with Crippen molar-refractivity contribution in [2.75, 3.05) is 0 Å². The van der Waals surface area contributed by atoms with Crippen molar-refractivity contribution in [1.29, 1.82) is 0 Å². The average Bonchev–Trinajstić information content (AvgIpc) is 2.89. The molecular weight excluding hydrogens is 274 g/mol. The molecule has 0 saturated heterocycles. The molecule has 108 valence electrons. The van der Waals surface area contributed by atoms with Crippen LogP contribution in [0.25, 0.3) is 6.08 Å². The number of rotatable bonds is 4. The fraction of sp³-hybridized carbons (Fsp3) is 0.467. The Labute approximate surface area is 122 Å². The van der Waals surface area contributed by atoms with Crippen LogP contribution < -0.4 is 5.32 Å². The Morgan fingerprint density at radius 3 is 2.95 bits per heavy atom. The van der Waals surface area contributed by atoms with E-state index in [1.807, 2.05) is 24.4 Å². The maximum atomic E-state index is 12.0. The molecule has 1 aromatic heterocycles. The van der Waals surface area contributed by atoms with Gasteiger partial charge in [-0.2, -0.15) is 0 Å². The molecule has 2 N–H and O–H groups in total. The van der Waals surface area contributed by atoms with E-state index < -0.39 is 11.5 Å². The van der Waals surface area contributed by atoms with E-state index in [1.54, 1.807) is 6.08 Å². The maximum absolute atomic E-state index is 12.0. The van der Waals surface area contributed by atoms with Gasteiger partial charge in [0, 0.05) is 11.0 Å². The van der Waals surface area contributed by atoms with Crippen LogP contribution in [0.1, 0.15) is 37.5 Å². The minimum Gasteiger partial charge on any atom is -0.480 e. The zero-order valence-electron chi connectivity index (χ0n) is 11.5. The summed E-state index contributed by atoms with van der Waals surface area (Å²) in [5.41, 5.74) is -1.10. The Morgan fingerprint density at radius 1 is 1.55 bits per heavy atom. The quantitative estimate of drug-likeness (QED) is 0.839. The number of amides is 1. The average molecular weight is 293 g/mol. The molecule has 2 atom stereocenters. The largest absolute Gasteiger partial charge is 0.480 e. The van der Waals surface area contributed by atoms with Gasteiger partial charge in [-0.15, -0.1) is 11.3 Å². The minimum absolute atomic E-state index is 0.321. The number of carboxylic acid groups (broad SMARTS) is 1. The van der Waals surface area contributed by atoms with E-state index in [9.17, 15) is 14.7 Å². The van der Waals surface area contributed by atoms with E-state index in [0.717, 1.165) is 17.7 Å². The highest BCUT2D eigenvalue weighted by molar-refractivity contribution is 7.10. The molecule has 0 aromatic carbocycles. The second-order valence-electron chi connectivity index (χ2n) is 5.43. The van der Waals surface area contributed by atoms with Crippen molar-refractivity contribution in [3.63, 3.8) is 0 Å². The first-order valence-corrected chi connectivity index (χ1v) is 7.67. The topological polar surface area (TPSA) is 66.4 Å². The molecular formula is C15H19NO3S. The lowest BCUT2D eigenvalue weighted by atomic mass is 9.76. The molecule has 1 aliphatic rings. The summed E-state index contributed by atoms with van der Waals surface area (Å²) in [4.78, 5) is 24.5. The summed E-state index contributed by atoms with van der Waals surface area (Å²) in [5.74, 6) is -0.946. The van der Waals surface area contributed by atoms with Gasteiger partial charge in [0.05, 0.1) is 0 Å². The summed E-state index contributed by atoms with van der Waals surface area (Å²) in [6, 6.07) is 3.81. The van der Waals surface area contributed by atoms with Crippen molar-refractivity contribution in [3.05, 3.63) is 28.5 Å². The molecule has 1 amide bonds. The van der Waals surface area contributed by atoms with Gasteiger partial charge in [0.25, 0.3) is 0 Å². The predicted molar refractivity (Wildman–Crippen MR) is 79.5 cm³/mol. The summed E-state index contributed by atoms with van der Waals surface area (Å²) < 4.78 is 0. The van der Waals surface area contributed by atoms with Gasteiger partial charge in [-0.1, -0.05) is 25.8 Å². The number of carboxylic acids is 1. The van der Waals surface area contributed by atoms with E-state index >= 15 is 0 Å². The summed E-state index contributed by atoms with van der Waals surface area (Å²) in [5, 5.41) is 14.1. The predicted octanol–water partition coefficient (Wildman–Crippen LogP) is 2.91. The third-order valence-corrected chi connectivity index (χ3v) is 4.55. The zero-order valence-corrected chi connectivity index (χ0v) is 12.3. The van der Waals surface area contributed by atoms with Gasteiger partial charge < -0.3 is 10.4 Å². The standard InChI is InChI=1S/C15H19NO3S/c1-11-4-2-8-15(10-11,14(18)19)16-13(17)7-6-12-5-3-9-20-12/h3,5-7,9,11H,2,4,8,10H2,1H3,(H,16,17)(H,18,19)/b7-6+. The van der Waals surface area contributed by atoms with E-state index in [2.05, 4.69) is 5.32 Å². The van der Waals surface area contributed by atoms with Gasteiger partial charge in [0.15, 0.2) is 0 Å². The second kappa shape index (κ2) is 6.22. The Morgan fingerprint density at radius 2 is 2.35 bits per heavy atom. The van der Waals surface area contributed by atoms with Gasteiger partial charge in [-0.3, -0.25) is 4.79 Å². The number of carbonyl (C=O) groups is 2. The van der Waals surface area contributed by atoms with Gasteiger partial charge >= 0.3 is 5.97 Å². The molecule has 20 heavy (non-hydrogen) atoms. The molecule has 0 radical (unpaired) electrons. The summed E-state index contributed by atoms with van der Waals surface area (Å²) in [6.07, 6.45) is 5.99. The van der Waals surface area contributed by atoms with Crippen molar-refractivity contribution in [1.82, 2.24) is 5.32 Å². The van der Waals surface area contributed by atoms with Crippen molar-refractivity contribution >= 4 is 29.3 Å². The molecule has 2 rings (SSSR count). The minimum atomic E-state index is -1.10. The van der Waals surface area contributed by atoms with Crippen molar-refractivity contribution in [2.24, 2.45) is 5.92 Å². The maximum Gasteiger partial charge on any atom is 0.329 e. The van der Waals surface area contributed by atoms with E-state index in [-0.39, 0.29) is 5.91 Å². The Kier molecular flexibility index (Phi) is 4.60. The first-order chi connectivity index (χ1) is 9.52. The molecule has 4 nitrogen and oxygen atoms in total. The van der Waals surface area contributed by atoms with Crippen LogP contribution in [0, 0.1) is 5.92 Å². The van der Waals surface area contributed by atoms with Gasteiger partial charge in [0.2, 0.25) is 5.91 Å². The molecule has 2 unspecified atom stereocenters. The molecule has 1 aliphatic carbocycles. The first-order valence-electron chi connectivity index (χ1n) is 6.79. The van der Waals surface area contributed by atoms with Crippen LogP contribution >= 0.6 is 11.3 Å². The monoisotopic (exact) mass is 293 g/mol. The molecule has 1 aromatic rings. The van der Waals surface area contributed by atoms with E-state index in [0.29, 0.717) is 18.8 Å². The van der Waals surface area contributed by atoms with Crippen LogP contribution in [0.3, 0.4) is 0 Å².